The average Bonchev–Trinajstić information content (AvgIpc) is 3.07. The molecule has 0 unspecified atom stereocenters. The summed E-state index contributed by atoms with van der Waals surface area (Å²) in [5.41, 5.74) is 5.95. The summed E-state index contributed by atoms with van der Waals surface area (Å²) in [5, 5.41) is 7.63. The number of thiazole rings is 1. The lowest BCUT2D eigenvalue weighted by atomic mass is 10.3. The molecule has 3 N–H and O–H groups in total. The Bertz CT molecular complexity index is 593. The van der Waals surface area contributed by atoms with Crippen LogP contribution in [0.15, 0.2) is 23.0 Å². The van der Waals surface area contributed by atoms with E-state index in [4.69, 9.17) is 5.73 Å². The molecule has 0 saturated heterocycles. The fourth-order valence-electron chi connectivity index (χ4n) is 1.42. The van der Waals surface area contributed by atoms with Gasteiger partial charge in [0.15, 0.2) is 0 Å². The predicted octanol–water partition coefficient (Wildman–Crippen LogP) is 1.49. The molecule has 19 heavy (non-hydrogen) atoms. The molecule has 98 valence electrons. The highest BCUT2D eigenvalue weighted by Gasteiger charge is 2.07. The second kappa shape index (κ2) is 7.04. The Hall–Kier alpha value is -1.68. The van der Waals surface area contributed by atoms with Gasteiger partial charge in [0.05, 0.1) is 22.0 Å². The van der Waals surface area contributed by atoms with E-state index in [0.717, 1.165) is 16.3 Å². The number of amides is 1. The Morgan fingerprint density at radius 1 is 1.47 bits per heavy atom. The normalized spacial score (nSPS) is 9.74. The van der Waals surface area contributed by atoms with Crippen molar-refractivity contribution in [3.63, 3.8) is 0 Å². The lowest BCUT2D eigenvalue weighted by Crippen LogP contribution is -2.25. The van der Waals surface area contributed by atoms with Crippen molar-refractivity contribution in [2.24, 2.45) is 5.73 Å². The number of aromatic nitrogens is 1. The summed E-state index contributed by atoms with van der Waals surface area (Å²) in [4.78, 5) is 16.9. The molecular formula is C13H13N3OS2. The van der Waals surface area contributed by atoms with E-state index >= 15 is 0 Å². The maximum Gasteiger partial charge on any atom is 0.252 e. The molecule has 0 spiro atoms. The molecule has 0 fully saturated rings. The average molecular weight is 291 g/mol. The van der Waals surface area contributed by atoms with Crippen LogP contribution in [0.5, 0.6) is 0 Å². The largest absolute Gasteiger partial charge is 0.352 e. The molecule has 2 heterocycles. The molecule has 2 rings (SSSR count). The van der Waals surface area contributed by atoms with Crippen LogP contribution >= 0.6 is 22.7 Å². The monoisotopic (exact) mass is 291 g/mol. The fourth-order valence-corrected chi connectivity index (χ4v) is 2.80. The number of hydrogen-bond donors (Lipinski definition) is 2. The Morgan fingerprint density at radius 3 is 3.11 bits per heavy atom. The number of nitrogens with two attached hydrogens (primary N) is 1. The number of nitrogens with zero attached hydrogens (tertiary/aromatic N) is 1. The van der Waals surface area contributed by atoms with Crippen LogP contribution in [0.3, 0.4) is 0 Å². The topological polar surface area (TPSA) is 68.0 Å². The van der Waals surface area contributed by atoms with Crippen molar-refractivity contribution < 1.29 is 4.79 Å². The second-order valence-corrected chi connectivity index (χ2v) is 5.53. The molecule has 1 amide bonds. The molecule has 6 heteroatoms. The van der Waals surface area contributed by atoms with Gasteiger partial charge in [0.25, 0.3) is 5.91 Å². The van der Waals surface area contributed by atoms with Crippen molar-refractivity contribution in [1.82, 2.24) is 10.3 Å². The first-order chi connectivity index (χ1) is 9.29. The van der Waals surface area contributed by atoms with Gasteiger partial charge in [-0.1, -0.05) is 11.8 Å². The van der Waals surface area contributed by atoms with Gasteiger partial charge in [0.1, 0.15) is 0 Å². The van der Waals surface area contributed by atoms with Gasteiger partial charge in [0.2, 0.25) is 0 Å². The quantitative estimate of drug-likeness (QED) is 0.839. The minimum absolute atomic E-state index is 0.0754. The zero-order chi connectivity index (χ0) is 13.5. The van der Waals surface area contributed by atoms with Gasteiger partial charge in [-0.3, -0.25) is 4.79 Å². The van der Waals surface area contributed by atoms with Crippen LogP contribution in [0.4, 0.5) is 0 Å². The number of hydrogen-bond acceptors (Lipinski definition) is 5. The van der Waals surface area contributed by atoms with Gasteiger partial charge in [-0.15, -0.1) is 22.7 Å². The zero-order valence-electron chi connectivity index (χ0n) is 10.2. The lowest BCUT2D eigenvalue weighted by Gasteiger charge is -2.01. The van der Waals surface area contributed by atoms with E-state index in [2.05, 4.69) is 22.1 Å². The first-order valence-corrected chi connectivity index (χ1v) is 7.49. The van der Waals surface area contributed by atoms with Gasteiger partial charge in [-0.25, -0.2) is 4.98 Å². The number of nitrogens with one attached hydrogen (secondary N) is 1. The number of carbonyl (C=O) groups excluding carboxylic acids is 1. The Labute approximate surface area is 119 Å². The molecule has 2 aromatic rings. The highest BCUT2D eigenvalue weighted by molar-refractivity contribution is 7.10. The molecule has 0 aliphatic rings. The Balaban J connectivity index is 1.84. The summed E-state index contributed by atoms with van der Waals surface area (Å²) < 4.78 is 0. The van der Waals surface area contributed by atoms with Crippen LogP contribution < -0.4 is 11.1 Å². The van der Waals surface area contributed by atoms with Crippen molar-refractivity contribution in [2.45, 2.75) is 6.42 Å². The highest BCUT2D eigenvalue weighted by Crippen LogP contribution is 2.13. The number of thiophene rings is 1. The third kappa shape index (κ3) is 4.17. The molecule has 0 aliphatic carbocycles. The van der Waals surface area contributed by atoms with E-state index < -0.39 is 0 Å². The van der Waals surface area contributed by atoms with E-state index in [1.807, 2.05) is 5.38 Å². The molecule has 2 aromatic heterocycles. The van der Waals surface area contributed by atoms with Crippen molar-refractivity contribution in [2.75, 3.05) is 13.1 Å². The van der Waals surface area contributed by atoms with Crippen LogP contribution in [-0.4, -0.2) is 24.0 Å². The molecule has 0 atom stereocenters. The van der Waals surface area contributed by atoms with Crippen molar-refractivity contribution >= 4 is 28.6 Å². The van der Waals surface area contributed by atoms with Gasteiger partial charge < -0.3 is 11.1 Å². The smallest absolute Gasteiger partial charge is 0.252 e. The third-order valence-electron chi connectivity index (χ3n) is 2.28. The summed E-state index contributed by atoms with van der Waals surface area (Å²) in [6.45, 7) is 0.916. The van der Waals surface area contributed by atoms with Crippen molar-refractivity contribution in [3.05, 3.63) is 38.5 Å². The molecule has 0 bridgehead atoms. The van der Waals surface area contributed by atoms with E-state index in [0.29, 0.717) is 18.7 Å². The van der Waals surface area contributed by atoms with Gasteiger partial charge in [-0.2, -0.15) is 0 Å². The first-order valence-electron chi connectivity index (χ1n) is 5.73. The molecule has 0 saturated carbocycles. The second-order valence-electron chi connectivity index (χ2n) is 3.64. The van der Waals surface area contributed by atoms with Gasteiger partial charge in [0, 0.05) is 29.9 Å². The summed E-state index contributed by atoms with van der Waals surface area (Å²) in [7, 11) is 0. The van der Waals surface area contributed by atoms with E-state index in [-0.39, 0.29) is 5.91 Å². The third-order valence-corrected chi connectivity index (χ3v) is 3.97. The standard InChI is InChI=1S/C13H13N3OS2/c14-4-1-2-11-8-10(9-19-11)13(17)16-5-3-12-15-6-7-18-12/h6-9H,3-5,14H2,(H,16,17). The summed E-state index contributed by atoms with van der Waals surface area (Å²) in [6.07, 6.45) is 2.52. The summed E-state index contributed by atoms with van der Waals surface area (Å²) >= 11 is 3.04. The van der Waals surface area contributed by atoms with Gasteiger partial charge in [-0.05, 0) is 6.07 Å². The molecule has 0 radical (unpaired) electrons. The van der Waals surface area contributed by atoms with Crippen LogP contribution in [0.1, 0.15) is 20.2 Å². The molecule has 0 aliphatic heterocycles. The van der Waals surface area contributed by atoms with E-state index in [9.17, 15) is 4.79 Å². The minimum Gasteiger partial charge on any atom is -0.352 e. The lowest BCUT2D eigenvalue weighted by molar-refractivity contribution is 0.0954. The van der Waals surface area contributed by atoms with E-state index in [1.54, 1.807) is 29.0 Å². The van der Waals surface area contributed by atoms with Gasteiger partial charge >= 0.3 is 0 Å². The number of carbonyl (C=O) groups is 1. The Morgan fingerprint density at radius 2 is 2.37 bits per heavy atom. The summed E-state index contributed by atoms with van der Waals surface area (Å²) in [5.74, 6) is 5.61. The summed E-state index contributed by atoms with van der Waals surface area (Å²) in [6, 6.07) is 1.78. The molecule has 4 nitrogen and oxygen atoms in total. The minimum atomic E-state index is -0.0754. The number of rotatable bonds is 4. The fraction of sp³-hybridized carbons (Fsp3) is 0.231. The molecular weight excluding hydrogens is 278 g/mol. The van der Waals surface area contributed by atoms with Crippen molar-refractivity contribution in [1.29, 1.82) is 0 Å². The van der Waals surface area contributed by atoms with E-state index in [1.165, 1.54) is 11.3 Å². The SMILES string of the molecule is NCC#Cc1cc(C(=O)NCCc2nccs2)cs1. The zero-order valence-corrected chi connectivity index (χ0v) is 11.8. The Kier molecular flexibility index (Phi) is 5.10. The van der Waals surface area contributed by atoms with Crippen LogP contribution in [0.2, 0.25) is 0 Å². The molecule has 0 aromatic carbocycles. The maximum absolute atomic E-state index is 11.9. The van der Waals surface area contributed by atoms with Crippen LogP contribution in [0, 0.1) is 11.8 Å². The highest BCUT2D eigenvalue weighted by atomic mass is 32.1. The maximum atomic E-state index is 11.9. The van der Waals surface area contributed by atoms with Crippen LogP contribution in [-0.2, 0) is 6.42 Å². The predicted molar refractivity (Wildman–Crippen MR) is 78.4 cm³/mol. The van der Waals surface area contributed by atoms with Crippen LogP contribution in [0.25, 0.3) is 0 Å². The van der Waals surface area contributed by atoms with Crippen molar-refractivity contribution in [3.8, 4) is 11.8 Å². The first kappa shape index (κ1) is 13.7.